The Morgan fingerprint density at radius 3 is 2.09 bits per heavy atom. The van der Waals surface area contributed by atoms with Gasteiger partial charge in [0.2, 0.25) is 5.91 Å². The quantitative estimate of drug-likeness (QED) is 0.419. The highest BCUT2D eigenvalue weighted by Gasteiger charge is 2.30. The Morgan fingerprint density at radius 1 is 0.909 bits per heavy atom. The van der Waals surface area contributed by atoms with Crippen molar-refractivity contribution in [2.75, 3.05) is 38.2 Å². The van der Waals surface area contributed by atoms with Crippen LogP contribution in [-0.4, -0.2) is 49.1 Å². The number of thiazole rings is 1. The van der Waals surface area contributed by atoms with Crippen molar-refractivity contribution in [3.8, 4) is 5.75 Å². The van der Waals surface area contributed by atoms with E-state index in [9.17, 15) is 4.79 Å². The molecule has 1 fully saturated rings. The highest BCUT2D eigenvalue weighted by atomic mass is 32.1. The molecule has 33 heavy (non-hydrogen) atoms. The van der Waals surface area contributed by atoms with Crippen LogP contribution in [0.15, 0.2) is 72.8 Å². The first kappa shape index (κ1) is 21.5. The van der Waals surface area contributed by atoms with Gasteiger partial charge in [0.1, 0.15) is 11.3 Å². The molecule has 2 heterocycles. The number of piperazine rings is 1. The van der Waals surface area contributed by atoms with Gasteiger partial charge in [-0.25, -0.2) is 4.98 Å². The highest BCUT2D eigenvalue weighted by Crippen LogP contribution is 2.37. The lowest BCUT2D eigenvalue weighted by Gasteiger charge is -2.36. The number of aryl methyl sites for hydroxylation is 1. The van der Waals surface area contributed by atoms with Gasteiger partial charge in [0, 0.05) is 26.2 Å². The zero-order valence-corrected chi connectivity index (χ0v) is 19.7. The van der Waals surface area contributed by atoms with Crippen LogP contribution in [0.3, 0.4) is 0 Å². The third-order valence-corrected chi connectivity index (χ3v) is 7.54. The number of hydrogen-bond acceptors (Lipinski definition) is 5. The standard InChI is InChI=1S/C27H27N3O2S/c1-19-13-14-22(32-2)24-25(19)33-27(28-24)30-17-15-29(16-18-30)26(31)23(20-9-5-3-6-10-20)21-11-7-4-8-12-21/h3-14,23H,15-18H2,1-2H3. The van der Waals surface area contributed by atoms with E-state index in [2.05, 4.69) is 17.9 Å². The van der Waals surface area contributed by atoms with Gasteiger partial charge in [-0.15, -0.1) is 0 Å². The molecule has 6 heteroatoms. The number of aromatic nitrogens is 1. The molecule has 3 aromatic carbocycles. The van der Waals surface area contributed by atoms with Crippen LogP contribution in [-0.2, 0) is 4.79 Å². The van der Waals surface area contributed by atoms with Gasteiger partial charge in [-0.1, -0.05) is 78.1 Å². The van der Waals surface area contributed by atoms with Gasteiger partial charge in [0.25, 0.3) is 0 Å². The normalized spacial score (nSPS) is 14.2. The van der Waals surface area contributed by atoms with E-state index in [-0.39, 0.29) is 11.8 Å². The minimum Gasteiger partial charge on any atom is -0.494 e. The number of ether oxygens (including phenoxy) is 1. The molecule has 1 aliphatic heterocycles. The fraction of sp³-hybridized carbons (Fsp3) is 0.259. The second-order valence-corrected chi connectivity index (χ2v) is 9.30. The summed E-state index contributed by atoms with van der Waals surface area (Å²) in [5.74, 6) is 0.683. The minimum atomic E-state index is -0.284. The van der Waals surface area contributed by atoms with Crippen LogP contribution in [0.4, 0.5) is 5.13 Å². The number of amides is 1. The fourth-order valence-corrected chi connectivity index (χ4v) is 5.57. The molecule has 0 spiro atoms. The molecule has 4 aromatic rings. The summed E-state index contributed by atoms with van der Waals surface area (Å²) < 4.78 is 6.68. The van der Waals surface area contributed by atoms with Crippen LogP contribution in [0.25, 0.3) is 10.2 Å². The molecule has 0 atom stereocenters. The van der Waals surface area contributed by atoms with Crippen molar-refractivity contribution >= 4 is 32.6 Å². The summed E-state index contributed by atoms with van der Waals surface area (Å²) in [5.41, 5.74) is 4.19. The van der Waals surface area contributed by atoms with Gasteiger partial charge in [0.15, 0.2) is 5.13 Å². The Morgan fingerprint density at radius 2 is 1.52 bits per heavy atom. The Bertz CT molecular complexity index is 1210. The summed E-state index contributed by atoms with van der Waals surface area (Å²) in [5, 5.41) is 0.993. The summed E-state index contributed by atoms with van der Waals surface area (Å²) in [6, 6.07) is 24.2. The Balaban J connectivity index is 1.35. The van der Waals surface area contributed by atoms with E-state index < -0.39 is 0 Å². The average Bonchev–Trinajstić information content (AvgIpc) is 3.32. The van der Waals surface area contributed by atoms with Crippen molar-refractivity contribution in [1.29, 1.82) is 0 Å². The van der Waals surface area contributed by atoms with Crippen LogP contribution < -0.4 is 9.64 Å². The van der Waals surface area contributed by atoms with E-state index in [1.165, 1.54) is 5.56 Å². The van der Waals surface area contributed by atoms with E-state index in [4.69, 9.17) is 9.72 Å². The van der Waals surface area contributed by atoms with E-state index in [1.54, 1.807) is 18.4 Å². The minimum absolute atomic E-state index is 0.161. The molecular formula is C27H27N3O2S. The van der Waals surface area contributed by atoms with Crippen molar-refractivity contribution in [3.63, 3.8) is 0 Å². The number of hydrogen-bond donors (Lipinski definition) is 0. The number of carbonyl (C=O) groups excluding carboxylic acids is 1. The summed E-state index contributed by atoms with van der Waals surface area (Å²) in [4.78, 5) is 22.9. The lowest BCUT2D eigenvalue weighted by Crippen LogP contribution is -2.50. The topological polar surface area (TPSA) is 45.7 Å². The van der Waals surface area contributed by atoms with Crippen molar-refractivity contribution in [2.24, 2.45) is 0 Å². The number of methoxy groups -OCH3 is 1. The van der Waals surface area contributed by atoms with Crippen molar-refractivity contribution in [3.05, 3.63) is 89.5 Å². The molecule has 0 unspecified atom stereocenters. The Kier molecular flexibility index (Phi) is 6.01. The van der Waals surface area contributed by atoms with Crippen LogP contribution in [0.5, 0.6) is 5.75 Å². The molecule has 1 saturated heterocycles. The molecule has 0 saturated carbocycles. The second-order valence-electron chi connectivity index (χ2n) is 8.33. The zero-order chi connectivity index (χ0) is 22.8. The number of nitrogens with zero attached hydrogens (tertiary/aromatic N) is 3. The number of benzene rings is 3. The summed E-state index contributed by atoms with van der Waals surface area (Å²) in [6.07, 6.45) is 0. The maximum atomic E-state index is 13.7. The first-order valence-corrected chi connectivity index (χ1v) is 12.0. The molecule has 0 aliphatic carbocycles. The monoisotopic (exact) mass is 457 g/mol. The SMILES string of the molecule is COc1ccc(C)c2sc(N3CCN(C(=O)C(c4ccccc4)c4ccccc4)CC3)nc12. The average molecular weight is 458 g/mol. The molecule has 5 rings (SSSR count). The Hall–Kier alpha value is -3.38. The van der Waals surface area contributed by atoms with E-state index in [1.807, 2.05) is 71.6 Å². The van der Waals surface area contributed by atoms with Gasteiger partial charge in [0.05, 0.1) is 17.7 Å². The van der Waals surface area contributed by atoms with Gasteiger partial charge < -0.3 is 14.5 Å². The second kappa shape index (κ2) is 9.24. The molecule has 0 radical (unpaired) electrons. The number of anilines is 1. The smallest absolute Gasteiger partial charge is 0.234 e. The number of fused-ring (bicyclic) bond motifs is 1. The number of rotatable bonds is 5. The fourth-order valence-electron chi connectivity index (χ4n) is 4.47. The van der Waals surface area contributed by atoms with Crippen LogP contribution in [0, 0.1) is 6.92 Å². The lowest BCUT2D eigenvalue weighted by atomic mass is 9.90. The maximum absolute atomic E-state index is 13.7. The van der Waals surface area contributed by atoms with Crippen LogP contribution in [0.2, 0.25) is 0 Å². The van der Waals surface area contributed by atoms with Crippen LogP contribution in [0.1, 0.15) is 22.6 Å². The largest absolute Gasteiger partial charge is 0.494 e. The predicted molar refractivity (Wildman–Crippen MR) is 134 cm³/mol. The first-order valence-electron chi connectivity index (χ1n) is 11.2. The maximum Gasteiger partial charge on any atom is 0.234 e. The Labute approximate surface area is 198 Å². The number of carbonyl (C=O) groups is 1. The van der Waals surface area contributed by atoms with Gasteiger partial charge in [-0.3, -0.25) is 4.79 Å². The molecule has 168 valence electrons. The van der Waals surface area contributed by atoms with Gasteiger partial charge in [-0.2, -0.15) is 0 Å². The first-order chi connectivity index (χ1) is 16.2. The van der Waals surface area contributed by atoms with Crippen molar-refractivity contribution < 1.29 is 9.53 Å². The zero-order valence-electron chi connectivity index (χ0n) is 18.9. The molecule has 1 amide bonds. The van der Waals surface area contributed by atoms with E-state index in [0.29, 0.717) is 13.1 Å². The molecule has 0 bridgehead atoms. The van der Waals surface area contributed by atoms with E-state index >= 15 is 0 Å². The molecule has 1 aromatic heterocycles. The summed E-state index contributed by atoms with van der Waals surface area (Å²) in [7, 11) is 1.68. The summed E-state index contributed by atoms with van der Waals surface area (Å²) >= 11 is 1.70. The molecular weight excluding hydrogens is 430 g/mol. The lowest BCUT2D eigenvalue weighted by molar-refractivity contribution is -0.132. The summed E-state index contributed by atoms with van der Waals surface area (Å²) in [6.45, 7) is 5.00. The van der Waals surface area contributed by atoms with Gasteiger partial charge >= 0.3 is 0 Å². The molecule has 0 N–H and O–H groups in total. The third-order valence-electron chi connectivity index (χ3n) is 6.29. The molecule has 5 nitrogen and oxygen atoms in total. The highest BCUT2D eigenvalue weighted by molar-refractivity contribution is 7.22. The molecule has 1 aliphatic rings. The third kappa shape index (κ3) is 4.18. The van der Waals surface area contributed by atoms with E-state index in [0.717, 1.165) is 45.3 Å². The van der Waals surface area contributed by atoms with Gasteiger partial charge in [-0.05, 0) is 29.7 Å². The predicted octanol–water partition coefficient (Wildman–Crippen LogP) is 5.09. The van der Waals surface area contributed by atoms with Crippen molar-refractivity contribution in [1.82, 2.24) is 9.88 Å². The van der Waals surface area contributed by atoms with Crippen LogP contribution >= 0.6 is 11.3 Å². The van der Waals surface area contributed by atoms with Crippen molar-refractivity contribution in [2.45, 2.75) is 12.8 Å².